The van der Waals surface area contributed by atoms with E-state index in [-0.39, 0.29) is 4.90 Å². The van der Waals surface area contributed by atoms with E-state index in [2.05, 4.69) is 15.9 Å². The second-order valence-electron chi connectivity index (χ2n) is 4.49. The highest BCUT2D eigenvalue weighted by Gasteiger charge is 2.28. The molecule has 0 amide bonds. The summed E-state index contributed by atoms with van der Waals surface area (Å²) in [5.74, 6) is 0.419. The highest BCUT2D eigenvalue weighted by molar-refractivity contribution is 9.10. The van der Waals surface area contributed by atoms with Crippen LogP contribution in [0.1, 0.15) is 26.2 Å². The number of hydrogen-bond acceptors (Lipinski definition) is 3. The zero-order valence-electron chi connectivity index (χ0n) is 10.9. The van der Waals surface area contributed by atoms with Gasteiger partial charge in [0.25, 0.3) is 0 Å². The molecule has 1 heterocycles. The van der Waals surface area contributed by atoms with Crippen LogP contribution < -0.4 is 4.74 Å². The molecule has 1 aliphatic heterocycles. The van der Waals surface area contributed by atoms with Crippen LogP contribution in [0.15, 0.2) is 27.6 Å². The van der Waals surface area contributed by atoms with Crippen LogP contribution in [0.2, 0.25) is 0 Å². The number of rotatable bonds is 4. The van der Waals surface area contributed by atoms with E-state index in [1.54, 1.807) is 22.5 Å². The Morgan fingerprint density at radius 1 is 1.26 bits per heavy atom. The predicted molar refractivity (Wildman–Crippen MR) is 77.9 cm³/mol. The fraction of sp³-hybridized carbons (Fsp3) is 0.538. The zero-order chi connectivity index (χ0) is 13.9. The van der Waals surface area contributed by atoms with Crippen LogP contribution in [0.4, 0.5) is 0 Å². The van der Waals surface area contributed by atoms with Gasteiger partial charge in [-0.1, -0.05) is 22.4 Å². The summed E-state index contributed by atoms with van der Waals surface area (Å²) in [7, 11) is -3.44. The second kappa shape index (κ2) is 6.24. The average molecular weight is 348 g/mol. The molecular weight excluding hydrogens is 330 g/mol. The smallest absolute Gasteiger partial charge is 0.246 e. The van der Waals surface area contributed by atoms with E-state index in [9.17, 15) is 8.42 Å². The lowest BCUT2D eigenvalue weighted by molar-refractivity contribution is 0.322. The van der Waals surface area contributed by atoms with Gasteiger partial charge in [0.1, 0.15) is 10.6 Å². The van der Waals surface area contributed by atoms with Crippen LogP contribution in [0.25, 0.3) is 0 Å². The first-order valence-corrected chi connectivity index (χ1v) is 8.71. The summed E-state index contributed by atoms with van der Waals surface area (Å²) in [4.78, 5) is 0.263. The van der Waals surface area contributed by atoms with Crippen molar-refractivity contribution >= 4 is 26.0 Å². The highest BCUT2D eigenvalue weighted by Crippen LogP contribution is 2.31. The maximum absolute atomic E-state index is 12.6. The Labute approximate surface area is 122 Å². The van der Waals surface area contributed by atoms with Crippen LogP contribution in [0, 0.1) is 0 Å². The van der Waals surface area contributed by atoms with Gasteiger partial charge in [0.05, 0.1) is 6.61 Å². The Balaban J connectivity index is 2.38. The quantitative estimate of drug-likeness (QED) is 0.840. The summed E-state index contributed by atoms with van der Waals surface area (Å²) in [6, 6.07) is 5.05. The molecule has 106 valence electrons. The Hall–Kier alpha value is -0.590. The molecule has 2 rings (SSSR count). The second-order valence-corrected chi connectivity index (χ2v) is 7.31. The van der Waals surface area contributed by atoms with Crippen LogP contribution in [0.5, 0.6) is 5.75 Å². The van der Waals surface area contributed by atoms with Crippen LogP contribution in [-0.2, 0) is 10.0 Å². The maximum atomic E-state index is 12.6. The van der Waals surface area contributed by atoms with Crippen molar-refractivity contribution in [1.82, 2.24) is 4.31 Å². The molecule has 0 unspecified atom stereocenters. The molecule has 0 bridgehead atoms. The Morgan fingerprint density at radius 2 is 1.95 bits per heavy atom. The molecule has 0 spiro atoms. The summed E-state index contributed by atoms with van der Waals surface area (Å²) >= 11 is 3.34. The molecule has 0 aromatic heterocycles. The molecule has 1 aromatic carbocycles. The Kier molecular flexibility index (Phi) is 4.86. The predicted octanol–water partition coefficient (Wildman–Crippen LogP) is 3.02. The van der Waals surface area contributed by atoms with E-state index < -0.39 is 10.0 Å². The normalized spacial score (nSPS) is 17.4. The summed E-state index contributed by atoms with van der Waals surface area (Å²) in [5, 5.41) is 0. The number of piperidine rings is 1. The van der Waals surface area contributed by atoms with Crippen LogP contribution in [0.3, 0.4) is 0 Å². The van der Waals surface area contributed by atoms with E-state index in [4.69, 9.17) is 4.74 Å². The van der Waals surface area contributed by atoms with Gasteiger partial charge >= 0.3 is 0 Å². The molecule has 0 aliphatic carbocycles. The first kappa shape index (κ1) is 14.8. The van der Waals surface area contributed by atoms with Gasteiger partial charge in [0.2, 0.25) is 10.0 Å². The first-order valence-electron chi connectivity index (χ1n) is 6.48. The minimum absolute atomic E-state index is 0.263. The van der Waals surface area contributed by atoms with Gasteiger partial charge in [0.15, 0.2) is 0 Å². The third-order valence-electron chi connectivity index (χ3n) is 3.14. The van der Waals surface area contributed by atoms with Gasteiger partial charge in [-0.25, -0.2) is 8.42 Å². The van der Waals surface area contributed by atoms with Gasteiger partial charge in [0, 0.05) is 17.6 Å². The van der Waals surface area contributed by atoms with Gasteiger partial charge < -0.3 is 4.74 Å². The van der Waals surface area contributed by atoms with Crippen LogP contribution in [-0.4, -0.2) is 32.4 Å². The molecule has 6 heteroatoms. The summed E-state index contributed by atoms with van der Waals surface area (Å²) < 4.78 is 33.1. The lowest BCUT2D eigenvalue weighted by atomic mass is 10.2. The molecular formula is C13H18BrNO3S. The van der Waals surface area contributed by atoms with Crippen molar-refractivity contribution in [3.05, 3.63) is 22.7 Å². The SMILES string of the molecule is CCOc1cc(Br)ccc1S(=O)(=O)N1CCCCC1. The Bertz CT molecular complexity index is 539. The average Bonchev–Trinajstić information content (AvgIpc) is 2.40. The minimum atomic E-state index is -3.44. The molecule has 0 saturated carbocycles. The maximum Gasteiger partial charge on any atom is 0.246 e. The Morgan fingerprint density at radius 3 is 2.58 bits per heavy atom. The van der Waals surface area contributed by atoms with Crippen molar-refractivity contribution in [2.24, 2.45) is 0 Å². The number of halogens is 1. The van der Waals surface area contributed by atoms with Crippen LogP contribution >= 0.6 is 15.9 Å². The van der Waals surface area contributed by atoms with Crippen molar-refractivity contribution < 1.29 is 13.2 Å². The number of benzene rings is 1. The van der Waals surface area contributed by atoms with Gasteiger partial charge in [-0.15, -0.1) is 0 Å². The van der Waals surface area contributed by atoms with Crippen molar-refractivity contribution in [3.63, 3.8) is 0 Å². The number of sulfonamides is 1. The molecule has 19 heavy (non-hydrogen) atoms. The van der Waals surface area contributed by atoms with Crippen molar-refractivity contribution in [1.29, 1.82) is 0 Å². The topological polar surface area (TPSA) is 46.6 Å². The number of ether oxygens (including phenoxy) is 1. The zero-order valence-corrected chi connectivity index (χ0v) is 13.3. The molecule has 0 atom stereocenters. The van der Waals surface area contributed by atoms with E-state index in [0.29, 0.717) is 25.4 Å². The largest absolute Gasteiger partial charge is 0.492 e. The van der Waals surface area contributed by atoms with E-state index in [0.717, 1.165) is 23.7 Å². The van der Waals surface area contributed by atoms with E-state index in [1.807, 2.05) is 6.92 Å². The monoisotopic (exact) mass is 347 g/mol. The lowest BCUT2D eigenvalue weighted by Crippen LogP contribution is -2.35. The summed E-state index contributed by atoms with van der Waals surface area (Å²) in [6.45, 7) is 3.49. The third kappa shape index (κ3) is 3.30. The standard InChI is InChI=1S/C13H18BrNO3S/c1-2-18-12-10-11(14)6-7-13(12)19(16,17)15-8-4-3-5-9-15/h6-7,10H,2-5,8-9H2,1H3. The van der Waals surface area contributed by atoms with Crippen molar-refractivity contribution in [2.75, 3.05) is 19.7 Å². The lowest BCUT2D eigenvalue weighted by Gasteiger charge is -2.26. The minimum Gasteiger partial charge on any atom is -0.492 e. The van der Waals surface area contributed by atoms with E-state index >= 15 is 0 Å². The fourth-order valence-electron chi connectivity index (χ4n) is 2.21. The van der Waals surface area contributed by atoms with Gasteiger partial charge in [-0.3, -0.25) is 0 Å². The first-order chi connectivity index (χ1) is 9.05. The third-order valence-corrected chi connectivity index (χ3v) is 5.57. The van der Waals surface area contributed by atoms with Crippen molar-refractivity contribution in [2.45, 2.75) is 31.1 Å². The fourth-order valence-corrected chi connectivity index (χ4v) is 4.18. The number of nitrogens with zero attached hydrogens (tertiary/aromatic N) is 1. The summed E-state index contributed by atoms with van der Waals surface area (Å²) in [6.07, 6.45) is 2.96. The molecule has 1 fully saturated rings. The van der Waals surface area contributed by atoms with Gasteiger partial charge in [-0.2, -0.15) is 4.31 Å². The molecule has 0 radical (unpaired) electrons. The van der Waals surface area contributed by atoms with E-state index in [1.165, 1.54) is 0 Å². The number of hydrogen-bond donors (Lipinski definition) is 0. The summed E-state index contributed by atoms with van der Waals surface area (Å²) in [5.41, 5.74) is 0. The highest BCUT2D eigenvalue weighted by atomic mass is 79.9. The molecule has 1 aromatic rings. The molecule has 4 nitrogen and oxygen atoms in total. The molecule has 0 N–H and O–H groups in total. The van der Waals surface area contributed by atoms with Gasteiger partial charge in [-0.05, 0) is 38.0 Å². The molecule has 1 saturated heterocycles. The van der Waals surface area contributed by atoms with Crippen molar-refractivity contribution in [3.8, 4) is 5.75 Å². The molecule has 1 aliphatic rings.